The van der Waals surface area contributed by atoms with Crippen LogP contribution in [0.3, 0.4) is 0 Å². The van der Waals surface area contributed by atoms with Crippen molar-refractivity contribution in [1.29, 1.82) is 0 Å². The van der Waals surface area contributed by atoms with E-state index in [1.807, 2.05) is 26.2 Å². The molecule has 6 nitrogen and oxygen atoms in total. The van der Waals surface area contributed by atoms with Crippen molar-refractivity contribution in [3.63, 3.8) is 0 Å². The van der Waals surface area contributed by atoms with E-state index in [0.717, 1.165) is 16.4 Å². The van der Waals surface area contributed by atoms with Gasteiger partial charge in [-0.2, -0.15) is 0 Å². The molecule has 1 amide bonds. The predicted octanol–water partition coefficient (Wildman–Crippen LogP) is 1.88. The number of aromatic nitrogens is 3. The summed E-state index contributed by atoms with van der Waals surface area (Å²) in [5, 5.41) is 5.59. The zero-order valence-electron chi connectivity index (χ0n) is 11.7. The van der Waals surface area contributed by atoms with Crippen molar-refractivity contribution in [1.82, 2.24) is 20.3 Å². The second-order valence-electron chi connectivity index (χ2n) is 4.76. The van der Waals surface area contributed by atoms with E-state index in [4.69, 9.17) is 5.73 Å². The van der Waals surface area contributed by atoms with Crippen LogP contribution in [0.2, 0.25) is 0 Å². The van der Waals surface area contributed by atoms with Gasteiger partial charge in [-0.3, -0.25) is 4.79 Å². The van der Waals surface area contributed by atoms with E-state index < -0.39 is 0 Å². The van der Waals surface area contributed by atoms with Gasteiger partial charge in [0.25, 0.3) is 5.91 Å². The number of carbonyl (C=O) groups excluding carboxylic acids is 1. The third kappa shape index (κ3) is 3.51. The molecule has 0 aromatic carbocycles. The number of thiazole rings is 1. The minimum Gasteiger partial charge on any atom is -0.368 e. The van der Waals surface area contributed by atoms with E-state index in [1.54, 1.807) is 6.07 Å². The number of aryl methyl sites for hydroxylation is 1. The lowest BCUT2D eigenvalue weighted by Gasteiger charge is -2.08. The quantitative estimate of drug-likeness (QED) is 0.897. The minimum atomic E-state index is -0.270. The molecule has 7 heteroatoms. The zero-order valence-corrected chi connectivity index (χ0v) is 12.5. The topological polar surface area (TPSA) is 93.8 Å². The van der Waals surface area contributed by atoms with Crippen molar-refractivity contribution in [2.75, 3.05) is 5.73 Å². The number of hydrogen-bond acceptors (Lipinski definition) is 6. The maximum Gasteiger partial charge on any atom is 0.270 e. The van der Waals surface area contributed by atoms with E-state index in [2.05, 4.69) is 20.3 Å². The van der Waals surface area contributed by atoms with Gasteiger partial charge in [0, 0.05) is 16.8 Å². The summed E-state index contributed by atoms with van der Waals surface area (Å²) in [5.41, 5.74) is 7.63. The van der Waals surface area contributed by atoms with Gasteiger partial charge in [-0.1, -0.05) is 13.8 Å². The number of nitrogens with one attached hydrogen (secondary N) is 1. The van der Waals surface area contributed by atoms with E-state index in [1.165, 1.54) is 11.3 Å². The largest absolute Gasteiger partial charge is 0.368 e. The molecular formula is C13H17N5OS. The van der Waals surface area contributed by atoms with Gasteiger partial charge < -0.3 is 11.1 Å². The molecule has 2 aromatic rings. The Labute approximate surface area is 121 Å². The summed E-state index contributed by atoms with van der Waals surface area (Å²) in [5.74, 6) is 0.0359. The van der Waals surface area contributed by atoms with Crippen molar-refractivity contribution in [2.45, 2.75) is 33.2 Å². The van der Waals surface area contributed by atoms with Gasteiger partial charge in [0.2, 0.25) is 5.95 Å². The average Bonchev–Trinajstić information content (AvgIpc) is 2.81. The molecule has 0 radical (unpaired) electrons. The Morgan fingerprint density at radius 3 is 2.75 bits per heavy atom. The van der Waals surface area contributed by atoms with Gasteiger partial charge in [0.1, 0.15) is 10.7 Å². The highest BCUT2D eigenvalue weighted by molar-refractivity contribution is 7.09. The fourth-order valence-electron chi connectivity index (χ4n) is 1.63. The second kappa shape index (κ2) is 5.96. The summed E-state index contributed by atoms with van der Waals surface area (Å²) in [6.45, 7) is 6.28. The van der Waals surface area contributed by atoms with E-state index in [0.29, 0.717) is 6.54 Å². The smallest absolute Gasteiger partial charge is 0.270 e. The first-order valence-corrected chi connectivity index (χ1v) is 7.17. The Bertz CT molecular complexity index is 623. The normalized spacial score (nSPS) is 10.8. The summed E-state index contributed by atoms with van der Waals surface area (Å²) in [4.78, 5) is 24.4. The van der Waals surface area contributed by atoms with Crippen LogP contribution in [-0.4, -0.2) is 20.9 Å². The first kappa shape index (κ1) is 14.4. The van der Waals surface area contributed by atoms with Crippen molar-refractivity contribution in [2.24, 2.45) is 0 Å². The third-order valence-electron chi connectivity index (χ3n) is 2.65. The summed E-state index contributed by atoms with van der Waals surface area (Å²) in [6, 6.07) is 1.67. The number of nitrogens with zero attached hydrogens (tertiary/aromatic N) is 3. The lowest BCUT2D eigenvalue weighted by Crippen LogP contribution is -2.24. The van der Waals surface area contributed by atoms with E-state index in [9.17, 15) is 4.79 Å². The first-order chi connectivity index (χ1) is 9.45. The molecule has 106 valence electrons. The molecule has 0 aliphatic rings. The van der Waals surface area contributed by atoms with Crippen LogP contribution in [0, 0.1) is 6.92 Å². The maximum absolute atomic E-state index is 12.1. The first-order valence-electron chi connectivity index (χ1n) is 6.29. The van der Waals surface area contributed by atoms with Gasteiger partial charge >= 0.3 is 0 Å². The molecule has 0 saturated heterocycles. The number of carbonyl (C=O) groups is 1. The fourth-order valence-corrected chi connectivity index (χ4v) is 2.34. The molecule has 0 aliphatic carbocycles. The summed E-state index contributed by atoms with van der Waals surface area (Å²) in [7, 11) is 0. The van der Waals surface area contributed by atoms with Gasteiger partial charge in [-0.25, -0.2) is 15.0 Å². The molecule has 0 spiro atoms. The number of nitrogen functional groups attached to an aromatic ring is 1. The van der Waals surface area contributed by atoms with Gasteiger partial charge in [0.05, 0.1) is 6.54 Å². The van der Waals surface area contributed by atoms with Crippen LogP contribution in [0.15, 0.2) is 11.4 Å². The average molecular weight is 291 g/mol. The third-order valence-corrected chi connectivity index (χ3v) is 3.62. The van der Waals surface area contributed by atoms with Crippen LogP contribution in [-0.2, 0) is 6.54 Å². The van der Waals surface area contributed by atoms with E-state index >= 15 is 0 Å². The fraction of sp³-hybridized carbons (Fsp3) is 0.385. The minimum absolute atomic E-state index is 0.117. The number of anilines is 1. The van der Waals surface area contributed by atoms with Gasteiger partial charge in [-0.15, -0.1) is 11.3 Å². The monoisotopic (exact) mass is 291 g/mol. The molecule has 0 fully saturated rings. The lowest BCUT2D eigenvalue weighted by atomic mass is 10.1. The van der Waals surface area contributed by atoms with Crippen LogP contribution < -0.4 is 11.1 Å². The Balaban J connectivity index is 2.09. The highest BCUT2D eigenvalue weighted by atomic mass is 32.1. The SMILES string of the molecule is Cc1csc(CNC(=O)c2cc(C(C)C)nc(N)n2)n1. The molecule has 0 saturated carbocycles. The second-order valence-corrected chi connectivity index (χ2v) is 5.70. The molecule has 0 aliphatic heterocycles. The van der Waals surface area contributed by atoms with Crippen molar-refractivity contribution in [3.05, 3.63) is 33.5 Å². The Hall–Kier alpha value is -2.02. The molecular weight excluding hydrogens is 274 g/mol. The number of nitrogens with two attached hydrogens (primary N) is 1. The van der Waals surface area contributed by atoms with Gasteiger partial charge in [0.15, 0.2) is 0 Å². The number of amides is 1. The Morgan fingerprint density at radius 1 is 1.40 bits per heavy atom. The Kier molecular flexibility index (Phi) is 4.29. The molecule has 0 unspecified atom stereocenters. The molecule has 0 atom stereocenters. The van der Waals surface area contributed by atoms with Gasteiger partial charge in [-0.05, 0) is 18.9 Å². The van der Waals surface area contributed by atoms with Crippen LogP contribution in [0.5, 0.6) is 0 Å². The van der Waals surface area contributed by atoms with Crippen molar-refractivity contribution >= 4 is 23.2 Å². The van der Waals surface area contributed by atoms with Crippen molar-refractivity contribution in [3.8, 4) is 0 Å². The highest BCUT2D eigenvalue weighted by Gasteiger charge is 2.12. The molecule has 20 heavy (non-hydrogen) atoms. The molecule has 0 bridgehead atoms. The predicted molar refractivity (Wildman–Crippen MR) is 78.6 cm³/mol. The zero-order chi connectivity index (χ0) is 14.7. The standard InChI is InChI=1S/C13H17N5OS/c1-7(2)9-4-10(18-13(14)17-9)12(19)15-5-11-16-8(3)6-20-11/h4,6-7H,5H2,1-3H3,(H,15,19)(H2,14,17,18). The van der Waals surface area contributed by atoms with Crippen LogP contribution in [0.4, 0.5) is 5.95 Å². The van der Waals surface area contributed by atoms with E-state index in [-0.39, 0.29) is 23.5 Å². The van der Waals surface area contributed by atoms with Crippen LogP contribution in [0.1, 0.15) is 46.6 Å². The summed E-state index contributed by atoms with van der Waals surface area (Å²) >= 11 is 1.51. The molecule has 3 N–H and O–H groups in total. The summed E-state index contributed by atoms with van der Waals surface area (Å²) in [6.07, 6.45) is 0. The maximum atomic E-state index is 12.1. The number of hydrogen-bond donors (Lipinski definition) is 2. The Morgan fingerprint density at radius 2 is 2.15 bits per heavy atom. The number of rotatable bonds is 4. The lowest BCUT2D eigenvalue weighted by molar-refractivity contribution is 0.0945. The van der Waals surface area contributed by atoms with Crippen molar-refractivity contribution < 1.29 is 4.79 Å². The molecule has 2 heterocycles. The highest BCUT2D eigenvalue weighted by Crippen LogP contribution is 2.14. The van der Waals surface area contributed by atoms with Crippen LogP contribution >= 0.6 is 11.3 Å². The summed E-state index contributed by atoms with van der Waals surface area (Å²) < 4.78 is 0. The van der Waals surface area contributed by atoms with Crippen LogP contribution in [0.25, 0.3) is 0 Å². The molecule has 2 rings (SSSR count). The molecule has 2 aromatic heterocycles.